The Balaban J connectivity index is 1.60. The number of unbranched alkanes of at least 4 members (excludes halogenated alkanes) is 8. The van der Waals surface area contributed by atoms with Gasteiger partial charge in [0.2, 0.25) is 0 Å². The summed E-state index contributed by atoms with van der Waals surface area (Å²) in [5.74, 6) is 0. The predicted octanol–water partition coefficient (Wildman–Crippen LogP) is 5.93. The lowest BCUT2D eigenvalue weighted by Gasteiger charge is -2.05. The quantitative estimate of drug-likeness (QED) is 0.517. The maximum atomic E-state index is 8.72. The van der Waals surface area contributed by atoms with Gasteiger partial charge in [-0.2, -0.15) is 0 Å². The van der Waals surface area contributed by atoms with Crippen LogP contribution in [0.2, 0.25) is 5.02 Å². The molecule has 1 aromatic heterocycles. The van der Waals surface area contributed by atoms with Crippen LogP contribution in [0.25, 0.3) is 10.9 Å². The highest BCUT2D eigenvalue weighted by molar-refractivity contribution is 6.35. The van der Waals surface area contributed by atoms with E-state index in [0.717, 1.165) is 28.8 Å². The summed E-state index contributed by atoms with van der Waals surface area (Å²) in [4.78, 5) is 4.71. The minimum absolute atomic E-state index is 0.342. The van der Waals surface area contributed by atoms with Crippen LogP contribution in [0.4, 0.5) is 0 Å². The molecule has 1 N–H and O–H groups in total. The monoisotopic (exact) mass is 333 g/mol. The first-order valence-electron chi connectivity index (χ1n) is 8.96. The molecule has 0 radical (unpaired) electrons. The number of hydrogen-bond acceptors (Lipinski definition) is 2. The molecular formula is C20H28ClNO. The van der Waals surface area contributed by atoms with Crippen LogP contribution >= 0.6 is 11.6 Å². The van der Waals surface area contributed by atoms with Crippen molar-refractivity contribution in [2.45, 2.75) is 64.2 Å². The number of aliphatic hydroxyl groups excluding tert-OH is 1. The van der Waals surface area contributed by atoms with Gasteiger partial charge in [-0.05, 0) is 43.5 Å². The average Bonchev–Trinajstić information content (AvgIpc) is 2.57. The third-order valence-electron chi connectivity index (χ3n) is 4.33. The number of halogens is 1. The molecule has 0 saturated heterocycles. The van der Waals surface area contributed by atoms with Gasteiger partial charge in [0.1, 0.15) is 0 Å². The van der Waals surface area contributed by atoms with E-state index in [4.69, 9.17) is 21.7 Å². The van der Waals surface area contributed by atoms with Gasteiger partial charge in [0.25, 0.3) is 0 Å². The van der Waals surface area contributed by atoms with Gasteiger partial charge in [-0.3, -0.25) is 4.98 Å². The Morgan fingerprint density at radius 2 is 1.43 bits per heavy atom. The fourth-order valence-corrected chi connectivity index (χ4v) is 3.19. The summed E-state index contributed by atoms with van der Waals surface area (Å²) in [6.07, 6.45) is 12.3. The summed E-state index contributed by atoms with van der Waals surface area (Å²) in [5, 5.41) is 10.5. The Hall–Kier alpha value is -1.12. The van der Waals surface area contributed by atoms with Gasteiger partial charge in [0.05, 0.1) is 5.52 Å². The van der Waals surface area contributed by atoms with Gasteiger partial charge in [-0.25, -0.2) is 0 Å². The molecule has 0 aliphatic heterocycles. The summed E-state index contributed by atoms with van der Waals surface area (Å²) in [6, 6.07) is 10.1. The zero-order valence-corrected chi connectivity index (χ0v) is 14.7. The second kappa shape index (κ2) is 10.6. The Kier molecular flexibility index (Phi) is 8.41. The molecule has 0 spiro atoms. The molecule has 0 bridgehead atoms. The van der Waals surface area contributed by atoms with E-state index in [1.165, 1.54) is 57.1 Å². The largest absolute Gasteiger partial charge is 0.396 e. The highest BCUT2D eigenvalue weighted by Crippen LogP contribution is 2.22. The number of nitrogens with zero attached hydrogens (tertiary/aromatic N) is 1. The molecule has 0 aliphatic carbocycles. The predicted molar refractivity (Wildman–Crippen MR) is 99.1 cm³/mol. The second-order valence-corrected chi connectivity index (χ2v) is 6.67. The fourth-order valence-electron chi connectivity index (χ4n) is 2.95. The van der Waals surface area contributed by atoms with Crippen molar-refractivity contribution in [3.63, 3.8) is 0 Å². The number of aryl methyl sites for hydroxylation is 1. The number of aliphatic hydroxyl groups is 1. The van der Waals surface area contributed by atoms with Crippen LogP contribution in [0.15, 0.2) is 30.3 Å². The van der Waals surface area contributed by atoms with Crippen molar-refractivity contribution in [3.05, 3.63) is 41.0 Å². The highest BCUT2D eigenvalue weighted by atomic mass is 35.5. The minimum Gasteiger partial charge on any atom is -0.396 e. The fraction of sp³-hybridized carbons (Fsp3) is 0.550. The molecule has 23 heavy (non-hydrogen) atoms. The van der Waals surface area contributed by atoms with E-state index in [-0.39, 0.29) is 0 Å². The van der Waals surface area contributed by atoms with Crippen LogP contribution < -0.4 is 0 Å². The molecule has 0 aliphatic rings. The van der Waals surface area contributed by atoms with E-state index in [9.17, 15) is 0 Å². The number of hydrogen-bond donors (Lipinski definition) is 1. The molecule has 0 fully saturated rings. The van der Waals surface area contributed by atoms with Crippen LogP contribution in [0.1, 0.15) is 63.5 Å². The Labute approximate surface area is 144 Å². The molecular weight excluding hydrogens is 306 g/mol. The standard InChI is InChI=1S/C20H28ClNO/c21-19-12-10-13-20-18(19)15-14-17(22-20)11-8-6-4-2-1-3-5-7-9-16-23/h10,12-15,23H,1-9,11,16H2. The Morgan fingerprint density at radius 1 is 0.783 bits per heavy atom. The molecule has 1 aromatic carbocycles. The lowest BCUT2D eigenvalue weighted by Crippen LogP contribution is -1.92. The molecule has 0 amide bonds. The van der Waals surface area contributed by atoms with Gasteiger partial charge in [0.15, 0.2) is 0 Å². The van der Waals surface area contributed by atoms with Gasteiger partial charge < -0.3 is 5.11 Å². The van der Waals surface area contributed by atoms with Crippen LogP contribution in [-0.4, -0.2) is 16.7 Å². The van der Waals surface area contributed by atoms with Crippen molar-refractivity contribution >= 4 is 22.5 Å². The molecule has 1 heterocycles. The number of rotatable bonds is 11. The number of fused-ring (bicyclic) bond motifs is 1. The normalized spacial score (nSPS) is 11.2. The Morgan fingerprint density at radius 3 is 2.13 bits per heavy atom. The maximum Gasteiger partial charge on any atom is 0.0720 e. The van der Waals surface area contributed by atoms with Crippen molar-refractivity contribution in [2.75, 3.05) is 6.61 Å². The zero-order chi connectivity index (χ0) is 16.3. The first-order valence-corrected chi connectivity index (χ1v) is 9.34. The number of pyridine rings is 1. The Bertz CT molecular complexity index is 585. The summed E-state index contributed by atoms with van der Waals surface area (Å²) < 4.78 is 0. The van der Waals surface area contributed by atoms with E-state index in [1.807, 2.05) is 18.2 Å². The lowest BCUT2D eigenvalue weighted by atomic mass is 10.1. The van der Waals surface area contributed by atoms with Gasteiger partial charge in [-0.15, -0.1) is 0 Å². The van der Waals surface area contributed by atoms with Crippen LogP contribution in [0.3, 0.4) is 0 Å². The topological polar surface area (TPSA) is 33.1 Å². The van der Waals surface area contributed by atoms with E-state index >= 15 is 0 Å². The summed E-state index contributed by atoms with van der Waals surface area (Å²) >= 11 is 6.17. The number of benzene rings is 1. The molecule has 3 heteroatoms. The first-order chi connectivity index (χ1) is 11.3. The molecule has 2 rings (SSSR count). The first kappa shape index (κ1) is 18.2. The second-order valence-electron chi connectivity index (χ2n) is 6.26. The summed E-state index contributed by atoms with van der Waals surface area (Å²) in [7, 11) is 0. The van der Waals surface area contributed by atoms with Gasteiger partial charge >= 0.3 is 0 Å². The minimum atomic E-state index is 0.342. The van der Waals surface area contributed by atoms with E-state index in [1.54, 1.807) is 0 Å². The van der Waals surface area contributed by atoms with E-state index in [2.05, 4.69) is 12.1 Å². The van der Waals surface area contributed by atoms with Crippen LogP contribution in [0, 0.1) is 0 Å². The summed E-state index contributed by atoms with van der Waals surface area (Å²) in [5.41, 5.74) is 2.17. The third-order valence-corrected chi connectivity index (χ3v) is 4.66. The molecule has 0 saturated carbocycles. The van der Waals surface area contributed by atoms with Crippen molar-refractivity contribution in [1.29, 1.82) is 0 Å². The number of aromatic nitrogens is 1. The average molecular weight is 334 g/mol. The molecule has 2 aromatic rings. The zero-order valence-electron chi connectivity index (χ0n) is 13.9. The molecule has 0 unspecified atom stereocenters. The SMILES string of the molecule is OCCCCCCCCCCCc1ccc2c(Cl)cccc2n1. The van der Waals surface area contributed by atoms with Crippen LogP contribution in [0.5, 0.6) is 0 Å². The van der Waals surface area contributed by atoms with Crippen molar-refractivity contribution < 1.29 is 5.11 Å². The lowest BCUT2D eigenvalue weighted by molar-refractivity contribution is 0.282. The van der Waals surface area contributed by atoms with Crippen molar-refractivity contribution in [3.8, 4) is 0 Å². The highest BCUT2D eigenvalue weighted by Gasteiger charge is 2.02. The maximum absolute atomic E-state index is 8.72. The molecule has 126 valence electrons. The third kappa shape index (κ3) is 6.48. The summed E-state index contributed by atoms with van der Waals surface area (Å²) in [6.45, 7) is 0.342. The van der Waals surface area contributed by atoms with Crippen molar-refractivity contribution in [2.24, 2.45) is 0 Å². The van der Waals surface area contributed by atoms with Gasteiger partial charge in [-0.1, -0.05) is 62.6 Å². The molecule has 2 nitrogen and oxygen atoms in total. The van der Waals surface area contributed by atoms with E-state index < -0.39 is 0 Å². The molecule has 0 atom stereocenters. The smallest absolute Gasteiger partial charge is 0.0720 e. The van der Waals surface area contributed by atoms with Crippen LogP contribution in [-0.2, 0) is 6.42 Å². The van der Waals surface area contributed by atoms with Crippen molar-refractivity contribution in [1.82, 2.24) is 4.98 Å². The van der Waals surface area contributed by atoms with E-state index in [0.29, 0.717) is 6.61 Å². The van der Waals surface area contributed by atoms with Gasteiger partial charge in [0, 0.05) is 22.7 Å².